The summed E-state index contributed by atoms with van der Waals surface area (Å²) in [5.41, 5.74) is 6.25. The number of hydrogen-bond donors (Lipinski definition) is 1. The predicted molar refractivity (Wildman–Crippen MR) is 125 cm³/mol. The molecule has 0 aromatic carbocycles. The third kappa shape index (κ3) is 20.5. The van der Waals surface area contributed by atoms with Gasteiger partial charge >= 0.3 is 0 Å². The molecule has 0 aromatic heterocycles. The van der Waals surface area contributed by atoms with Crippen LogP contribution in [0, 0.1) is 5.92 Å². The molecule has 1 heteroatoms. The van der Waals surface area contributed by atoms with Crippen molar-refractivity contribution >= 4 is 0 Å². The molecule has 0 saturated heterocycles. The fourth-order valence-corrected chi connectivity index (χ4v) is 4.31. The van der Waals surface area contributed by atoms with Gasteiger partial charge in [-0.25, -0.2) is 0 Å². The first kappa shape index (κ1) is 27.0. The van der Waals surface area contributed by atoms with Gasteiger partial charge in [-0.15, -0.1) is 0 Å². The second-order valence-electron chi connectivity index (χ2n) is 9.17. The number of hydrogen-bond acceptors (Lipinski definition) is 1. The van der Waals surface area contributed by atoms with Crippen LogP contribution in [0.25, 0.3) is 0 Å². The molecule has 0 saturated carbocycles. The minimum Gasteiger partial charge on any atom is -0.328 e. The van der Waals surface area contributed by atoms with E-state index in [1.807, 2.05) is 0 Å². The summed E-state index contributed by atoms with van der Waals surface area (Å²) in [7, 11) is 0. The standard InChI is InChI=1S/C26H55N/c1-4-7-10-16-21-25(20-9-6-3)22-17-14-12-13-15-19-24-26(27)23-18-11-8-5-2/h25-26H,4-24,27H2,1-3H3/t25-,26?/m1/s1. The van der Waals surface area contributed by atoms with E-state index in [9.17, 15) is 0 Å². The van der Waals surface area contributed by atoms with Gasteiger partial charge in [0, 0.05) is 6.04 Å². The molecule has 0 radical (unpaired) electrons. The van der Waals surface area contributed by atoms with Crippen molar-refractivity contribution in [3.63, 3.8) is 0 Å². The van der Waals surface area contributed by atoms with Crippen LogP contribution >= 0.6 is 0 Å². The van der Waals surface area contributed by atoms with Crippen LogP contribution in [0.5, 0.6) is 0 Å². The number of rotatable bonds is 22. The lowest BCUT2D eigenvalue weighted by atomic mass is 9.90. The molecular weight excluding hydrogens is 326 g/mol. The molecule has 0 heterocycles. The molecular formula is C26H55N. The van der Waals surface area contributed by atoms with Gasteiger partial charge in [0.05, 0.1) is 0 Å². The monoisotopic (exact) mass is 381 g/mol. The molecule has 0 amide bonds. The zero-order valence-electron chi connectivity index (χ0n) is 19.6. The maximum atomic E-state index is 6.25. The van der Waals surface area contributed by atoms with Crippen LogP contribution in [0.1, 0.15) is 156 Å². The summed E-state index contributed by atoms with van der Waals surface area (Å²) in [6.07, 6.45) is 29.5. The summed E-state index contributed by atoms with van der Waals surface area (Å²) in [5, 5.41) is 0. The van der Waals surface area contributed by atoms with Gasteiger partial charge in [0.25, 0.3) is 0 Å². The predicted octanol–water partition coefficient (Wildman–Crippen LogP) is 9.18. The molecule has 27 heavy (non-hydrogen) atoms. The summed E-state index contributed by atoms with van der Waals surface area (Å²) >= 11 is 0. The summed E-state index contributed by atoms with van der Waals surface area (Å²) in [5.74, 6) is 1.02. The highest BCUT2D eigenvalue weighted by Gasteiger charge is 2.08. The van der Waals surface area contributed by atoms with E-state index in [2.05, 4.69) is 20.8 Å². The minimum atomic E-state index is 0.467. The maximum absolute atomic E-state index is 6.25. The van der Waals surface area contributed by atoms with E-state index in [-0.39, 0.29) is 0 Å². The van der Waals surface area contributed by atoms with E-state index in [4.69, 9.17) is 5.73 Å². The van der Waals surface area contributed by atoms with Crippen molar-refractivity contribution < 1.29 is 0 Å². The smallest absolute Gasteiger partial charge is 0.00388 e. The first-order valence-electron chi connectivity index (χ1n) is 13.0. The molecule has 164 valence electrons. The second kappa shape index (κ2) is 22.3. The summed E-state index contributed by atoms with van der Waals surface area (Å²) < 4.78 is 0. The van der Waals surface area contributed by atoms with Crippen molar-refractivity contribution in [3.8, 4) is 0 Å². The van der Waals surface area contributed by atoms with Crippen LogP contribution in [-0.2, 0) is 0 Å². The average molecular weight is 382 g/mol. The van der Waals surface area contributed by atoms with E-state index < -0.39 is 0 Å². The van der Waals surface area contributed by atoms with E-state index in [0.717, 1.165) is 5.92 Å². The molecule has 2 atom stereocenters. The lowest BCUT2D eigenvalue weighted by Gasteiger charge is -2.16. The van der Waals surface area contributed by atoms with Gasteiger partial charge in [0.15, 0.2) is 0 Å². The zero-order valence-corrected chi connectivity index (χ0v) is 19.6. The molecule has 0 aliphatic carbocycles. The van der Waals surface area contributed by atoms with Gasteiger partial charge in [-0.05, 0) is 18.8 Å². The summed E-state index contributed by atoms with van der Waals surface area (Å²) in [6, 6.07) is 0.467. The Balaban J connectivity index is 3.51. The van der Waals surface area contributed by atoms with Crippen LogP contribution in [0.3, 0.4) is 0 Å². The van der Waals surface area contributed by atoms with Crippen LogP contribution in [-0.4, -0.2) is 6.04 Å². The molecule has 0 aliphatic rings. The Morgan fingerprint density at radius 2 is 0.741 bits per heavy atom. The normalized spacial score (nSPS) is 13.8. The van der Waals surface area contributed by atoms with Crippen molar-refractivity contribution in [2.45, 2.75) is 162 Å². The van der Waals surface area contributed by atoms with Crippen molar-refractivity contribution in [2.75, 3.05) is 0 Å². The van der Waals surface area contributed by atoms with Gasteiger partial charge in [0.2, 0.25) is 0 Å². The Kier molecular flexibility index (Phi) is 22.2. The van der Waals surface area contributed by atoms with E-state index in [0.29, 0.717) is 6.04 Å². The largest absolute Gasteiger partial charge is 0.328 e. The van der Waals surface area contributed by atoms with Crippen LogP contribution in [0.2, 0.25) is 0 Å². The molecule has 0 rings (SSSR count). The van der Waals surface area contributed by atoms with Crippen LogP contribution in [0.15, 0.2) is 0 Å². The SMILES string of the molecule is CCCCCCC(N)CCCCCCCC[C@H](CCCC)CCCCCC. The van der Waals surface area contributed by atoms with Crippen LogP contribution < -0.4 is 5.73 Å². The van der Waals surface area contributed by atoms with Crippen molar-refractivity contribution in [1.29, 1.82) is 0 Å². The van der Waals surface area contributed by atoms with Gasteiger partial charge in [-0.3, -0.25) is 0 Å². The highest BCUT2D eigenvalue weighted by atomic mass is 14.6. The maximum Gasteiger partial charge on any atom is 0.00388 e. The molecule has 1 nitrogen and oxygen atoms in total. The van der Waals surface area contributed by atoms with Crippen molar-refractivity contribution in [1.82, 2.24) is 0 Å². The van der Waals surface area contributed by atoms with E-state index >= 15 is 0 Å². The molecule has 0 aliphatic heterocycles. The quantitative estimate of drug-likeness (QED) is 0.186. The lowest BCUT2D eigenvalue weighted by molar-refractivity contribution is 0.371. The highest BCUT2D eigenvalue weighted by Crippen LogP contribution is 2.23. The van der Waals surface area contributed by atoms with E-state index in [1.54, 1.807) is 0 Å². The molecule has 0 spiro atoms. The third-order valence-electron chi connectivity index (χ3n) is 6.30. The fourth-order valence-electron chi connectivity index (χ4n) is 4.31. The van der Waals surface area contributed by atoms with E-state index in [1.165, 1.54) is 135 Å². The first-order chi connectivity index (χ1) is 13.2. The summed E-state index contributed by atoms with van der Waals surface area (Å²) in [4.78, 5) is 0. The zero-order chi connectivity index (χ0) is 20.0. The van der Waals surface area contributed by atoms with Gasteiger partial charge in [0.1, 0.15) is 0 Å². The Hall–Kier alpha value is -0.0400. The number of nitrogens with two attached hydrogens (primary N) is 1. The Labute approximate surface area is 173 Å². The minimum absolute atomic E-state index is 0.467. The van der Waals surface area contributed by atoms with Crippen molar-refractivity contribution in [3.05, 3.63) is 0 Å². The molecule has 0 aromatic rings. The average Bonchev–Trinajstić information content (AvgIpc) is 2.67. The first-order valence-corrected chi connectivity index (χ1v) is 13.0. The Morgan fingerprint density at radius 1 is 0.407 bits per heavy atom. The number of unbranched alkanes of at least 4 members (excludes halogenated alkanes) is 12. The van der Waals surface area contributed by atoms with Gasteiger partial charge < -0.3 is 5.73 Å². The van der Waals surface area contributed by atoms with Gasteiger partial charge in [-0.1, -0.05) is 143 Å². The second-order valence-corrected chi connectivity index (χ2v) is 9.17. The molecule has 2 N–H and O–H groups in total. The fraction of sp³-hybridized carbons (Fsp3) is 1.00. The Morgan fingerprint density at radius 3 is 1.19 bits per heavy atom. The summed E-state index contributed by atoms with van der Waals surface area (Å²) in [6.45, 7) is 6.93. The molecule has 1 unspecified atom stereocenters. The lowest BCUT2D eigenvalue weighted by Crippen LogP contribution is -2.19. The topological polar surface area (TPSA) is 26.0 Å². The molecule has 0 fully saturated rings. The van der Waals surface area contributed by atoms with Gasteiger partial charge in [-0.2, -0.15) is 0 Å². The third-order valence-corrected chi connectivity index (χ3v) is 6.30. The Bertz CT molecular complexity index is 263. The van der Waals surface area contributed by atoms with Crippen molar-refractivity contribution in [2.24, 2.45) is 11.7 Å². The molecule has 0 bridgehead atoms. The van der Waals surface area contributed by atoms with Crippen LogP contribution in [0.4, 0.5) is 0 Å². The highest BCUT2D eigenvalue weighted by molar-refractivity contribution is 4.63.